The van der Waals surface area contributed by atoms with Crippen LogP contribution in [0.5, 0.6) is 0 Å². The van der Waals surface area contributed by atoms with Gasteiger partial charge in [0.1, 0.15) is 0 Å². The van der Waals surface area contributed by atoms with Crippen LogP contribution in [-0.2, 0) is 6.42 Å². The minimum Gasteiger partial charge on any atom is -0.398 e. The second-order valence-corrected chi connectivity index (χ2v) is 5.41. The van der Waals surface area contributed by atoms with Crippen LogP contribution in [0.2, 0.25) is 5.02 Å². The Morgan fingerprint density at radius 1 is 1.22 bits per heavy atom. The molecule has 1 atom stereocenters. The molecular weight excluding hydrogens is 314 g/mol. The number of aliphatic hydroxyl groups excluding tert-OH is 1. The summed E-state index contributed by atoms with van der Waals surface area (Å²) < 4.78 is 0.893. The Hall–Kier alpha value is -1.03. The Bertz CT molecular complexity index is 559. The van der Waals surface area contributed by atoms with Gasteiger partial charge in [-0.25, -0.2) is 0 Å². The smallest absolute Gasteiger partial charge is 0.0851 e. The van der Waals surface area contributed by atoms with Gasteiger partial charge in [0, 0.05) is 27.2 Å². The molecule has 0 amide bonds. The first-order valence-corrected chi connectivity index (χ1v) is 6.71. The van der Waals surface area contributed by atoms with E-state index in [9.17, 15) is 5.11 Å². The summed E-state index contributed by atoms with van der Waals surface area (Å²) in [7, 11) is 0. The minimum absolute atomic E-state index is 0.445. The highest BCUT2D eigenvalue weighted by molar-refractivity contribution is 9.10. The Morgan fingerprint density at radius 2 is 1.94 bits per heavy atom. The summed E-state index contributed by atoms with van der Waals surface area (Å²) in [5.74, 6) is 0. The fourth-order valence-electron chi connectivity index (χ4n) is 1.82. The molecule has 2 nitrogen and oxygen atoms in total. The summed E-state index contributed by atoms with van der Waals surface area (Å²) in [5.41, 5.74) is 8.07. The fourth-order valence-corrected chi connectivity index (χ4v) is 2.41. The molecule has 3 N–H and O–H groups in total. The molecule has 0 aliphatic carbocycles. The van der Waals surface area contributed by atoms with Crippen LogP contribution >= 0.6 is 27.5 Å². The van der Waals surface area contributed by atoms with Gasteiger partial charge in [0.25, 0.3) is 0 Å². The van der Waals surface area contributed by atoms with Crippen molar-refractivity contribution in [3.05, 3.63) is 63.1 Å². The van der Waals surface area contributed by atoms with Crippen molar-refractivity contribution in [1.29, 1.82) is 0 Å². The van der Waals surface area contributed by atoms with Gasteiger partial charge in [-0.1, -0.05) is 45.7 Å². The number of nitrogen functional groups attached to an aromatic ring is 1. The zero-order valence-corrected chi connectivity index (χ0v) is 11.9. The van der Waals surface area contributed by atoms with E-state index in [0.717, 1.165) is 10.0 Å². The molecule has 1 unspecified atom stereocenters. The topological polar surface area (TPSA) is 46.2 Å². The zero-order valence-electron chi connectivity index (χ0n) is 9.61. The normalized spacial score (nSPS) is 12.4. The standard InChI is InChI=1S/C14H13BrClNO/c15-10-5-6-13(17)11(8-10)14(18)7-9-3-1-2-4-12(9)16/h1-6,8,14,18H,7,17H2. The highest BCUT2D eigenvalue weighted by atomic mass is 79.9. The first-order valence-electron chi connectivity index (χ1n) is 5.54. The number of hydrogen-bond acceptors (Lipinski definition) is 2. The lowest BCUT2D eigenvalue weighted by Crippen LogP contribution is -2.05. The molecular formula is C14H13BrClNO. The van der Waals surface area contributed by atoms with Crippen molar-refractivity contribution in [1.82, 2.24) is 0 Å². The van der Waals surface area contributed by atoms with Gasteiger partial charge in [-0.2, -0.15) is 0 Å². The van der Waals surface area contributed by atoms with Crippen molar-refractivity contribution < 1.29 is 5.11 Å². The third-order valence-electron chi connectivity index (χ3n) is 2.78. The van der Waals surface area contributed by atoms with Crippen molar-refractivity contribution in [2.75, 3.05) is 5.73 Å². The molecule has 0 spiro atoms. The molecule has 0 saturated carbocycles. The van der Waals surface area contributed by atoms with E-state index in [1.54, 1.807) is 6.07 Å². The average Bonchev–Trinajstić information content (AvgIpc) is 2.35. The number of benzene rings is 2. The molecule has 0 saturated heterocycles. The van der Waals surface area contributed by atoms with Gasteiger partial charge in [-0.3, -0.25) is 0 Å². The first kappa shape index (κ1) is 13.4. The number of halogens is 2. The molecule has 4 heteroatoms. The molecule has 0 aliphatic heterocycles. The van der Waals surface area contributed by atoms with E-state index in [1.165, 1.54) is 0 Å². The molecule has 0 bridgehead atoms. The second-order valence-electron chi connectivity index (χ2n) is 4.08. The van der Waals surface area contributed by atoms with Crippen molar-refractivity contribution in [2.24, 2.45) is 0 Å². The number of nitrogens with two attached hydrogens (primary N) is 1. The zero-order chi connectivity index (χ0) is 13.1. The SMILES string of the molecule is Nc1ccc(Br)cc1C(O)Cc1ccccc1Cl. The van der Waals surface area contributed by atoms with E-state index < -0.39 is 6.10 Å². The molecule has 2 aromatic rings. The van der Waals surface area contributed by atoms with Crippen LogP contribution in [0.3, 0.4) is 0 Å². The molecule has 94 valence electrons. The first-order chi connectivity index (χ1) is 8.58. The lowest BCUT2D eigenvalue weighted by molar-refractivity contribution is 0.179. The van der Waals surface area contributed by atoms with E-state index in [2.05, 4.69) is 15.9 Å². The number of aliphatic hydroxyl groups is 1. The molecule has 0 fully saturated rings. The maximum Gasteiger partial charge on any atom is 0.0851 e. The van der Waals surface area contributed by atoms with Gasteiger partial charge < -0.3 is 10.8 Å². The fraction of sp³-hybridized carbons (Fsp3) is 0.143. The molecule has 0 aromatic heterocycles. The van der Waals surface area contributed by atoms with Gasteiger partial charge in [-0.05, 0) is 29.8 Å². The van der Waals surface area contributed by atoms with Crippen LogP contribution in [0.25, 0.3) is 0 Å². The monoisotopic (exact) mass is 325 g/mol. The lowest BCUT2D eigenvalue weighted by atomic mass is 10.00. The van der Waals surface area contributed by atoms with Crippen molar-refractivity contribution >= 4 is 33.2 Å². The third-order valence-corrected chi connectivity index (χ3v) is 3.64. The van der Waals surface area contributed by atoms with Gasteiger partial charge >= 0.3 is 0 Å². The second kappa shape index (κ2) is 5.74. The van der Waals surface area contributed by atoms with Crippen LogP contribution in [0.15, 0.2) is 46.9 Å². The Balaban J connectivity index is 2.25. The molecule has 0 aliphatic rings. The van der Waals surface area contributed by atoms with Gasteiger partial charge in [0.15, 0.2) is 0 Å². The van der Waals surface area contributed by atoms with Crippen molar-refractivity contribution in [2.45, 2.75) is 12.5 Å². The molecule has 0 radical (unpaired) electrons. The number of anilines is 1. The highest BCUT2D eigenvalue weighted by Crippen LogP contribution is 2.28. The van der Waals surface area contributed by atoms with Crippen molar-refractivity contribution in [3.63, 3.8) is 0 Å². The van der Waals surface area contributed by atoms with Gasteiger partial charge in [0.05, 0.1) is 6.10 Å². The summed E-state index contributed by atoms with van der Waals surface area (Å²) in [4.78, 5) is 0. The number of hydrogen-bond donors (Lipinski definition) is 2. The van der Waals surface area contributed by atoms with E-state index in [4.69, 9.17) is 17.3 Å². The van der Waals surface area contributed by atoms with Crippen LogP contribution in [0.1, 0.15) is 17.2 Å². The molecule has 2 rings (SSSR count). The van der Waals surface area contributed by atoms with Gasteiger partial charge in [0.2, 0.25) is 0 Å². The minimum atomic E-state index is -0.664. The maximum atomic E-state index is 10.2. The maximum absolute atomic E-state index is 10.2. The summed E-state index contributed by atoms with van der Waals surface area (Å²) in [6.45, 7) is 0. The predicted octanol–water partition coefficient (Wildman–Crippen LogP) is 3.96. The summed E-state index contributed by atoms with van der Waals surface area (Å²) in [6, 6.07) is 12.9. The quantitative estimate of drug-likeness (QED) is 0.839. The highest BCUT2D eigenvalue weighted by Gasteiger charge is 2.13. The van der Waals surface area contributed by atoms with E-state index >= 15 is 0 Å². The largest absolute Gasteiger partial charge is 0.398 e. The Labute approximate surface area is 120 Å². The lowest BCUT2D eigenvalue weighted by Gasteiger charge is -2.14. The molecule has 2 aromatic carbocycles. The Kier molecular flexibility index (Phi) is 4.27. The van der Waals surface area contributed by atoms with Crippen LogP contribution in [0.4, 0.5) is 5.69 Å². The van der Waals surface area contributed by atoms with Crippen LogP contribution in [-0.4, -0.2) is 5.11 Å². The van der Waals surface area contributed by atoms with Crippen LogP contribution in [0, 0.1) is 0 Å². The van der Waals surface area contributed by atoms with Crippen molar-refractivity contribution in [3.8, 4) is 0 Å². The van der Waals surface area contributed by atoms with Crippen LogP contribution < -0.4 is 5.73 Å². The number of rotatable bonds is 3. The summed E-state index contributed by atoms with van der Waals surface area (Å²) >= 11 is 9.45. The van der Waals surface area contributed by atoms with E-state index in [-0.39, 0.29) is 0 Å². The summed E-state index contributed by atoms with van der Waals surface area (Å²) in [6.07, 6.45) is -0.220. The predicted molar refractivity (Wildman–Crippen MR) is 78.7 cm³/mol. The average molecular weight is 327 g/mol. The van der Waals surface area contributed by atoms with Gasteiger partial charge in [-0.15, -0.1) is 0 Å². The Morgan fingerprint density at radius 3 is 2.67 bits per heavy atom. The molecule has 0 heterocycles. The third kappa shape index (κ3) is 3.05. The van der Waals surface area contributed by atoms with E-state index in [0.29, 0.717) is 22.7 Å². The molecule has 18 heavy (non-hydrogen) atoms. The summed E-state index contributed by atoms with van der Waals surface area (Å²) in [5, 5.41) is 10.9. The van der Waals surface area contributed by atoms with E-state index in [1.807, 2.05) is 36.4 Å².